The number of nitrogens with one attached hydrogen (secondary N) is 1. The van der Waals surface area contributed by atoms with Crippen molar-refractivity contribution in [1.29, 1.82) is 0 Å². The second-order valence-corrected chi connectivity index (χ2v) is 5.35. The van der Waals surface area contributed by atoms with Crippen molar-refractivity contribution in [3.63, 3.8) is 0 Å². The molecule has 0 radical (unpaired) electrons. The van der Waals surface area contributed by atoms with Crippen molar-refractivity contribution >= 4 is 29.9 Å². The third-order valence-corrected chi connectivity index (χ3v) is 3.72. The number of ether oxygens (including phenoxy) is 1. The van der Waals surface area contributed by atoms with Crippen molar-refractivity contribution < 1.29 is 14.3 Å². The number of benzene rings is 1. The first-order chi connectivity index (χ1) is 10.7. The van der Waals surface area contributed by atoms with Gasteiger partial charge >= 0.3 is 0 Å². The highest BCUT2D eigenvalue weighted by molar-refractivity contribution is 5.98. The molecule has 23 heavy (non-hydrogen) atoms. The zero-order chi connectivity index (χ0) is 15.9. The first-order valence-corrected chi connectivity index (χ1v) is 7.63. The van der Waals surface area contributed by atoms with E-state index in [-0.39, 0.29) is 24.2 Å². The number of carbonyl (C=O) groups excluding carboxylic acids is 2. The van der Waals surface area contributed by atoms with Crippen LogP contribution in [0.4, 0.5) is 5.69 Å². The minimum atomic E-state index is -0.130. The van der Waals surface area contributed by atoms with E-state index in [2.05, 4.69) is 5.32 Å². The number of hydrogen-bond acceptors (Lipinski definition) is 4. The van der Waals surface area contributed by atoms with Crippen LogP contribution in [0.15, 0.2) is 18.2 Å². The van der Waals surface area contributed by atoms with Gasteiger partial charge < -0.3 is 20.7 Å². The molecule has 1 fully saturated rings. The lowest BCUT2D eigenvalue weighted by molar-refractivity contribution is -0.116. The fourth-order valence-electron chi connectivity index (χ4n) is 2.52. The van der Waals surface area contributed by atoms with Gasteiger partial charge in [-0.15, -0.1) is 12.4 Å². The molecule has 0 bridgehead atoms. The van der Waals surface area contributed by atoms with Crippen molar-refractivity contribution in [2.45, 2.75) is 25.7 Å². The van der Waals surface area contributed by atoms with Gasteiger partial charge in [0.15, 0.2) is 0 Å². The second kappa shape index (κ2) is 9.37. The highest BCUT2D eigenvalue weighted by Gasteiger charge is 2.20. The molecule has 6 nitrogen and oxygen atoms in total. The predicted octanol–water partition coefficient (Wildman–Crippen LogP) is 2.03. The van der Waals surface area contributed by atoms with Gasteiger partial charge in [-0.25, -0.2) is 0 Å². The number of likely N-dealkylation sites (tertiary alicyclic amines) is 1. The monoisotopic (exact) mass is 341 g/mol. The van der Waals surface area contributed by atoms with Crippen LogP contribution in [0.3, 0.4) is 0 Å². The first-order valence-electron chi connectivity index (χ1n) is 7.63. The summed E-state index contributed by atoms with van der Waals surface area (Å²) in [5.74, 6) is 0.409. The molecule has 0 spiro atoms. The molecule has 0 saturated carbocycles. The van der Waals surface area contributed by atoms with Crippen LogP contribution in [-0.4, -0.2) is 43.5 Å². The normalized spacial score (nSPS) is 13.4. The summed E-state index contributed by atoms with van der Waals surface area (Å²) in [4.78, 5) is 26.1. The van der Waals surface area contributed by atoms with E-state index in [0.717, 1.165) is 25.9 Å². The Bertz CT molecular complexity index is 545. The molecule has 0 aliphatic carbocycles. The van der Waals surface area contributed by atoms with Crippen molar-refractivity contribution in [2.24, 2.45) is 5.73 Å². The molecular formula is C16H24ClN3O3. The minimum Gasteiger partial charge on any atom is -0.495 e. The summed E-state index contributed by atoms with van der Waals surface area (Å²) < 4.78 is 5.25. The fourth-order valence-corrected chi connectivity index (χ4v) is 2.52. The van der Waals surface area contributed by atoms with Crippen LogP contribution in [0.25, 0.3) is 0 Å². The SMILES string of the molecule is COc1ccc(C(=O)N2CCCC2)cc1NC(=O)CCCN.Cl. The van der Waals surface area contributed by atoms with Crippen LogP contribution in [0, 0.1) is 0 Å². The Kier molecular flexibility index (Phi) is 7.85. The third-order valence-electron chi connectivity index (χ3n) is 3.72. The maximum Gasteiger partial charge on any atom is 0.253 e. The lowest BCUT2D eigenvalue weighted by Gasteiger charge is -2.17. The fraction of sp³-hybridized carbons (Fsp3) is 0.500. The maximum atomic E-state index is 12.4. The molecule has 0 aromatic heterocycles. The van der Waals surface area contributed by atoms with Crippen molar-refractivity contribution in [3.05, 3.63) is 23.8 Å². The number of amides is 2. The number of methoxy groups -OCH3 is 1. The molecule has 1 aliphatic heterocycles. The first kappa shape index (κ1) is 19.3. The van der Waals surface area contributed by atoms with E-state index in [0.29, 0.717) is 36.4 Å². The Morgan fingerprint density at radius 1 is 1.30 bits per heavy atom. The standard InChI is InChI=1S/C16H23N3O3.ClH/c1-22-14-7-6-12(16(21)19-9-2-3-10-19)11-13(14)18-15(20)5-4-8-17;/h6-7,11H,2-5,8-10,17H2,1H3,(H,18,20);1H. The van der Waals surface area contributed by atoms with Gasteiger partial charge in [-0.2, -0.15) is 0 Å². The summed E-state index contributed by atoms with van der Waals surface area (Å²) in [7, 11) is 1.53. The summed E-state index contributed by atoms with van der Waals surface area (Å²) in [6.07, 6.45) is 3.07. The molecule has 1 aromatic carbocycles. The Labute approximate surface area is 142 Å². The van der Waals surface area contributed by atoms with Gasteiger partial charge in [-0.05, 0) is 44.0 Å². The van der Waals surface area contributed by atoms with Gasteiger partial charge in [0.2, 0.25) is 5.91 Å². The predicted molar refractivity (Wildman–Crippen MR) is 92.3 cm³/mol. The molecule has 128 valence electrons. The number of nitrogens with zero attached hydrogens (tertiary/aromatic N) is 1. The van der Waals surface area contributed by atoms with E-state index >= 15 is 0 Å². The van der Waals surface area contributed by atoms with E-state index in [1.807, 2.05) is 4.90 Å². The number of halogens is 1. The lowest BCUT2D eigenvalue weighted by Crippen LogP contribution is -2.27. The van der Waals surface area contributed by atoms with Crippen LogP contribution in [0.1, 0.15) is 36.0 Å². The Balaban J connectivity index is 0.00000264. The lowest BCUT2D eigenvalue weighted by atomic mass is 10.1. The molecule has 0 atom stereocenters. The number of rotatable bonds is 6. The Morgan fingerprint density at radius 3 is 2.61 bits per heavy atom. The van der Waals surface area contributed by atoms with Crippen molar-refractivity contribution in [3.8, 4) is 5.75 Å². The van der Waals surface area contributed by atoms with Crippen LogP contribution >= 0.6 is 12.4 Å². The average Bonchev–Trinajstić information content (AvgIpc) is 3.06. The largest absolute Gasteiger partial charge is 0.495 e. The highest BCUT2D eigenvalue weighted by atomic mass is 35.5. The molecule has 1 aliphatic rings. The molecule has 1 aromatic rings. The molecule has 7 heteroatoms. The van der Waals surface area contributed by atoms with Gasteiger partial charge in [0.1, 0.15) is 5.75 Å². The molecule has 0 unspecified atom stereocenters. The third kappa shape index (κ3) is 5.11. The molecular weight excluding hydrogens is 318 g/mol. The smallest absolute Gasteiger partial charge is 0.253 e. The van der Waals surface area contributed by atoms with E-state index in [1.165, 1.54) is 7.11 Å². The number of nitrogens with two attached hydrogens (primary N) is 1. The van der Waals surface area contributed by atoms with Gasteiger partial charge in [0, 0.05) is 25.1 Å². The number of anilines is 1. The van der Waals surface area contributed by atoms with Crippen molar-refractivity contribution in [1.82, 2.24) is 4.90 Å². The van der Waals surface area contributed by atoms with Crippen LogP contribution in [0.5, 0.6) is 5.75 Å². The zero-order valence-corrected chi connectivity index (χ0v) is 14.2. The minimum absolute atomic E-state index is 0. The van der Waals surface area contributed by atoms with Crippen LogP contribution < -0.4 is 15.8 Å². The van der Waals surface area contributed by atoms with Gasteiger partial charge in [-0.1, -0.05) is 0 Å². The highest BCUT2D eigenvalue weighted by Crippen LogP contribution is 2.27. The Morgan fingerprint density at radius 2 is 2.00 bits per heavy atom. The summed E-state index contributed by atoms with van der Waals surface area (Å²) >= 11 is 0. The molecule has 3 N–H and O–H groups in total. The van der Waals surface area contributed by atoms with Crippen LogP contribution in [-0.2, 0) is 4.79 Å². The summed E-state index contributed by atoms with van der Waals surface area (Å²) in [5, 5.41) is 2.79. The van der Waals surface area contributed by atoms with Gasteiger partial charge in [0.25, 0.3) is 5.91 Å². The second-order valence-electron chi connectivity index (χ2n) is 5.35. The van der Waals surface area contributed by atoms with E-state index in [4.69, 9.17) is 10.5 Å². The number of hydrogen-bond donors (Lipinski definition) is 2. The summed E-state index contributed by atoms with van der Waals surface area (Å²) in [5.41, 5.74) is 6.49. The van der Waals surface area contributed by atoms with E-state index in [9.17, 15) is 9.59 Å². The maximum absolute atomic E-state index is 12.4. The van der Waals surface area contributed by atoms with Gasteiger partial charge in [-0.3, -0.25) is 9.59 Å². The van der Waals surface area contributed by atoms with Gasteiger partial charge in [0.05, 0.1) is 12.8 Å². The topological polar surface area (TPSA) is 84.7 Å². The average molecular weight is 342 g/mol. The quantitative estimate of drug-likeness (QED) is 0.829. The van der Waals surface area contributed by atoms with Crippen LogP contribution in [0.2, 0.25) is 0 Å². The molecule has 1 saturated heterocycles. The van der Waals surface area contributed by atoms with E-state index in [1.54, 1.807) is 18.2 Å². The van der Waals surface area contributed by atoms with Crippen molar-refractivity contribution in [2.75, 3.05) is 32.1 Å². The molecule has 2 amide bonds. The Hall–Kier alpha value is -1.79. The molecule has 2 rings (SSSR count). The summed E-state index contributed by atoms with van der Waals surface area (Å²) in [6, 6.07) is 5.12. The van der Waals surface area contributed by atoms with E-state index < -0.39 is 0 Å². The zero-order valence-electron chi connectivity index (χ0n) is 13.3. The number of carbonyl (C=O) groups is 2. The molecule has 1 heterocycles. The summed E-state index contributed by atoms with van der Waals surface area (Å²) in [6.45, 7) is 2.06.